The smallest absolute Gasteiger partial charge is 0.107 e. The topological polar surface area (TPSA) is 28.2 Å². The lowest BCUT2D eigenvalue weighted by atomic mass is 10.2. The number of thiazole rings is 1. The summed E-state index contributed by atoms with van der Waals surface area (Å²) in [4.78, 5) is 7.11. The van der Waals surface area contributed by atoms with Crippen molar-refractivity contribution in [2.75, 3.05) is 20.1 Å². The van der Waals surface area contributed by atoms with Crippen LogP contribution >= 0.6 is 11.3 Å². The molecule has 3 nitrogen and oxygen atoms in total. The highest BCUT2D eigenvalue weighted by atomic mass is 32.1. The SMILES string of the molecule is CNCc1nc(CN2CCC(C)C2)cs1. The van der Waals surface area contributed by atoms with Crippen molar-refractivity contribution in [1.29, 1.82) is 0 Å². The van der Waals surface area contributed by atoms with Crippen molar-refractivity contribution >= 4 is 11.3 Å². The average molecular weight is 225 g/mol. The number of nitrogens with zero attached hydrogens (tertiary/aromatic N) is 2. The zero-order valence-electron chi connectivity index (χ0n) is 9.49. The van der Waals surface area contributed by atoms with Crippen molar-refractivity contribution in [2.24, 2.45) is 5.92 Å². The van der Waals surface area contributed by atoms with Crippen molar-refractivity contribution in [2.45, 2.75) is 26.4 Å². The van der Waals surface area contributed by atoms with Crippen molar-refractivity contribution in [3.63, 3.8) is 0 Å². The number of hydrogen-bond donors (Lipinski definition) is 1. The standard InChI is InChI=1S/C11H19N3S/c1-9-3-4-14(6-9)7-10-8-15-11(13-10)5-12-2/h8-9,12H,3-7H2,1-2H3. The van der Waals surface area contributed by atoms with Gasteiger partial charge >= 0.3 is 0 Å². The summed E-state index contributed by atoms with van der Waals surface area (Å²) < 4.78 is 0. The first-order chi connectivity index (χ1) is 7.28. The molecule has 0 saturated carbocycles. The lowest BCUT2D eigenvalue weighted by Crippen LogP contribution is -2.19. The number of rotatable bonds is 4. The molecule has 4 heteroatoms. The minimum atomic E-state index is 0.861. The van der Waals surface area contributed by atoms with Crippen LogP contribution in [0.5, 0.6) is 0 Å². The molecule has 0 spiro atoms. The van der Waals surface area contributed by atoms with Crippen LogP contribution in [0.4, 0.5) is 0 Å². The van der Waals surface area contributed by atoms with E-state index < -0.39 is 0 Å². The Hall–Kier alpha value is -0.450. The zero-order valence-corrected chi connectivity index (χ0v) is 10.3. The first-order valence-electron chi connectivity index (χ1n) is 5.58. The van der Waals surface area contributed by atoms with Gasteiger partial charge in [-0.05, 0) is 25.9 Å². The summed E-state index contributed by atoms with van der Waals surface area (Å²) in [6.07, 6.45) is 1.34. The molecule has 1 aliphatic heterocycles. The molecule has 1 aromatic heterocycles. The van der Waals surface area contributed by atoms with Gasteiger partial charge in [0.1, 0.15) is 5.01 Å². The molecule has 1 aromatic rings. The normalized spacial score (nSPS) is 22.4. The van der Waals surface area contributed by atoms with Gasteiger partial charge in [0.25, 0.3) is 0 Å². The Labute approximate surface area is 95.5 Å². The van der Waals surface area contributed by atoms with Crippen molar-refractivity contribution in [3.05, 3.63) is 16.1 Å². The van der Waals surface area contributed by atoms with Gasteiger partial charge in [-0.15, -0.1) is 11.3 Å². The Morgan fingerprint density at radius 2 is 2.53 bits per heavy atom. The Bertz CT molecular complexity index is 311. The van der Waals surface area contributed by atoms with Crippen LogP contribution in [0.3, 0.4) is 0 Å². The predicted molar refractivity (Wildman–Crippen MR) is 63.9 cm³/mol. The molecule has 0 amide bonds. The van der Waals surface area contributed by atoms with E-state index in [1.165, 1.54) is 30.2 Å². The lowest BCUT2D eigenvalue weighted by molar-refractivity contribution is 0.317. The Balaban J connectivity index is 1.87. The fraction of sp³-hybridized carbons (Fsp3) is 0.727. The van der Waals surface area contributed by atoms with Gasteiger partial charge in [-0.3, -0.25) is 4.90 Å². The third-order valence-corrected chi connectivity index (χ3v) is 3.72. The maximum absolute atomic E-state index is 4.60. The van der Waals surface area contributed by atoms with E-state index in [2.05, 4.69) is 27.5 Å². The summed E-state index contributed by atoms with van der Waals surface area (Å²) in [7, 11) is 1.96. The van der Waals surface area contributed by atoms with Gasteiger partial charge in [-0.25, -0.2) is 4.98 Å². The third kappa shape index (κ3) is 3.00. The van der Waals surface area contributed by atoms with E-state index in [1.807, 2.05) is 7.05 Å². The van der Waals surface area contributed by atoms with Gasteiger partial charge in [0.15, 0.2) is 0 Å². The Morgan fingerprint density at radius 1 is 1.67 bits per heavy atom. The monoisotopic (exact) mass is 225 g/mol. The summed E-state index contributed by atoms with van der Waals surface area (Å²) in [5.41, 5.74) is 1.24. The first-order valence-corrected chi connectivity index (χ1v) is 6.46. The summed E-state index contributed by atoms with van der Waals surface area (Å²) in [5.74, 6) is 0.861. The van der Waals surface area contributed by atoms with Crippen LogP contribution in [-0.2, 0) is 13.1 Å². The van der Waals surface area contributed by atoms with Gasteiger partial charge in [-0.1, -0.05) is 6.92 Å². The Morgan fingerprint density at radius 3 is 3.20 bits per heavy atom. The fourth-order valence-electron chi connectivity index (χ4n) is 2.05. The van der Waals surface area contributed by atoms with Gasteiger partial charge in [0.05, 0.1) is 5.69 Å². The van der Waals surface area contributed by atoms with E-state index in [9.17, 15) is 0 Å². The van der Waals surface area contributed by atoms with E-state index in [1.54, 1.807) is 11.3 Å². The van der Waals surface area contributed by atoms with Gasteiger partial charge in [0.2, 0.25) is 0 Å². The summed E-state index contributed by atoms with van der Waals surface area (Å²) in [6.45, 7) is 6.72. The summed E-state index contributed by atoms with van der Waals surface area (Å²) in [6, 6.07) is 0. The first kappa shape index (κ1) is 11.0. The lowest BCUT2D eigenvalue weighted by Gasteiger charge is -2.12. The van der Waals surface area contributed by atoms with Crippen molar-refractivity contribution in [1.82, 2.24) is 15.2 Å². The van der Waals surface area contributed by atoms with Crippen LogP contribution in [0.25, 0.3) is 0 Å². The maximum atomic E-state index is 4.60. The molecule has 15 heavy (non-hydrogen) atoms. The van der Waals surface area contributed by atoms with E-state index >= 15 is 0 Å². The molecular formula is C11H19N3S. The molecular weight excluding hydrogens is 206 g/mol. The minimum Gasteiger partial charge on any atom is -0.314 e. The second-order valence-corrected chi connectivity index (χ2v) is 5.33. The highest BCUT2D eigenvalue weighted by Gasteiger charge is 2.19. The summed E-state index contributed by atoms with van der Waals surface area (Å²) in [5, 5.41) is 6.52. The number of hydrogen-bond acceptors (Lipinski definition) is 4. The maximum Gasteiger partial charge on any atom is 0.107 e. The second-order valence-electron chi connectivity index (χ2n) is 4.39. The Kier molecular flexibility index (Phi) is 3.72. The molecule has 2 rings (SSSR count). The number of nitrogens with one attached hydrogen (secondary N) is 1. The predicted octanol–water partition coefficient (Wildman–Crippen LogP) is 1.70. The molecule has 1 unspecified atom stereocenters. The van der Waals surface area contributed by atoms with Crippen molar-refractivity contribution in [3.8, 4) is 0 Å². The van der Waals surface area contributed by atoms with Crippen LogP contribution in [0, 0.1) is 5.92 Å². The fourth-order valence-corrected chi connectivity index (χ4v) is 2.85. The largest absolute Gasteiger partial charge is 0.314 e. The summed E-state index contributed by atoms with van der Waals surface area (Å²) >= 11 is 1.76. The van der Waals surface area contributed by atoms with Crippen LogP contribution in [0.1, 0.15) is 24.0 Å². The molecule has 1 N–H and O–H groups in total. The van der Waals surface area contributed by atoms with Crippen molar-refractivity contribution < 1.29 is 0 Å². The molecule has 0 aromatic carbocycles. The molecule has 0 bridgehead atoms. The highest BCUT2D eigenvalue weighted by Crippen LogP contribution is 2.18. The van der Waals surface area contributed by atoms with E-state index in [0.29, 0.717) is 0 Å². The molecule has 84 valence electrons. The minimum absolute atomic E-state index is 0.861. The van der Waals surface area contributed by atoms with E-state index in [4.69, 9.17) is 0 Å². The highest BCUT2D eigenvalue weighted by molar-refractivity contribution is 7.09. The van der Waals surface area contributed by atoms with Crippen LogP contribution in [-0.4, -0.2) is 30.0 Å². The molecule has 0 aliphatic carbocycles. The van der Waals surface area contributed by atoms with Crippen LogP contribution in [0.2, 0.25) is 0 Å². The quantitative estimate of drug-likeness (QED) is 0.845. The molecule has 1 aliphatic rings. The molecule has 1 saturated heterocycles. The van der Waals surface area contributed by atoms with Gasteiger partial charge < -0.3 is 5.32 Å². The molecule has 1 atom stereocenters. The molecule has 0 radical (unpaired) electrons. The van der Waals surface area contributed by atoms with Crippen LogP contribution < -0.4 is 5.32 Å². The van der Waals surface area contributed by atoms with Crippen LogP contribution in [0.15, 0.2) is 5.38 Å². The number of aromatic nitrogens is 1. The average Bonchev–Trinajstić information content (AvgIpc) is 2.78. The number of likely N-dealkylation sites (tertiary alicyclic amines) is 1. The second kappa shape index (κ2) is 5.05. The molecule has 2 heterocycles. The van der Waals surface area contributed by atoms with Gasteiger partial charge in [-0.2, -0.15) is 0 Å². The van der Waals surface area contributed by atoms with Gasteiger partial charge in [0, 0.05) is 25.0 Å². The van der Waals surface area contributed by atoms with E-state index in [0.717, 1.165) is 19.0 Å². The third-order valence-electron chi connectivity index (χ3n) is 2.82. The van der Waals surface area contributed by atoms with E-state index in [-0.39, 0.29) is 0 Å². The molecule has 1 fully saturated rings. The zero-order chi connectivity index (χ0) is 10.7.